The lowest BCUT2D eigenvalue weighted by molar-refractivity contribution is 0.0765. The molecule has 2 aromatic heterocycles. The van der Waals surface area contributed by atoms with Crippen molar-refractivity contribution in [2.75, 3.05) is 13.2 Å². The van der Waals surface area contributed by atoms with Gasteiger partial charge >= 0.3 is 6.16 Å². The Morgan fingerprint density at radius 3 is 2.69 bits per heavy atom. The number of carbonyl (C=O) groups excluding carboxylic acids is 1. The van der Waals surface area contributed by atoms with E-state index in [1.54, 1.807) is 13.1 Å². The number of aromatic nitrogens is 2. The highest BCUT2D eigenvalue weighted by atomic mass is 16.7. The minimum atomic E-state index is -0.737. The molecule has 0 aliphatic carbocycles. The lowest BCUT2D eigenvalue weighted by atomic mass is 10.0. The average molecular weight is 356 g/mol. The highest BCUT2D eigenvalue weighted by Gasteiger charge is 2.18. The fourth-order valence-corrected chi connectivity index (χ4v) is 3.20. The molecule has 3 aromatic rings. The van der Waals surface area contributed by atoms with Crippen molar-refractivity contribution < 1.29 is 19.0 Å². The van der Waals surface area contributed by atoms with E-state index in [1.165, 1.54) is 0 Å². The highest BCUT2D eigenvalue weighted by Crippen LogP contribution is 2.34. The Hall–Kier alpha value is -2.60. The number of aromatic amines is 1. The van der Waals surface area contributed by atoms with Gasteiger partial charge in [0.15, 0.2) is 0 Å². The van der Waals surface area contributed by atoms with Crippen LogP contribution in [0.25, 0.3) is 21.8 Å². The number of nitrogens with one attached hydrogen (secondary N) is 1. The molecular weight excluding hydrogens is 332 g/mol. The number of fused-ring (bicyclic) bond motifs is 3. The third-order valence-electron chi connectivity index (χ3n) is 4.40. The Morgan fingerprint density at radius 1 is 1.19 bits per heavy atom. The third kappa shape index (κ3) is 3.37. The number of nitrogens with zero attached hydrogens (tertiary/aromatic N) is 1. The topological polar surface area (TPSA) is 73.4 Å². The molecule has 3 rings (SSSR count). The molecule has 6 heteroatoms. The highest BCUT2D eigenvalue weighted by molar-refractivity contribution is 6.09. The van der Waals surface area contributed by atoms with E-state index >= 15 is 0 Å². The number of aryl methyl sites for hydroxylation is 1. The first-order valence-electron chi connectivity index (χ1n) is 8.98. The summed E-state index contributed by atoms with van der Waals surface area (Å²) in [7, 11) is 0. The molecule has 1 atom stereocenters. The van der Waals surface area contributed by atoms with Gasteiger partial charge < -0.3 is 19.2 Å². The minimum absolute atomic E-state index is 0.0107. The van der Waals surface area contributed by atoms with E-state index in [2.05, 4.69) is 22.1 Å². The smallest absolute Gasteiger partial charge is 0.434 e. The van der Waals surface area contributed by atoms with E-state index in [0.717, 1.165) is 32.9 Å². The van der Waals surface area contributed by atoms with Gasteiger partial charge in [-0.2, -0.15) is 0 Å². The molecule has 0 radical (unpaired) electrons. The molecule has 0 fully saturated rings. The summed E-state index contributed by atoms with van der Waals surface area (Å²) in [5.41, 5.74) is 3.90. The second kappa shape index (κ2) is 7.74. The van der Waals surface area contributed by atoms with Crippen molar-refractivity contribution in [2.45, 2.75) is 40.2 Å². The van der Waals surface area contributed by atoms with Gasteiger partial charge in [-0.1, -0.05) is 13.0 Å². The summed E-state index contributed by atoms with van der Waals surface area (Å²) in [6.07, 6.45) is 1.64. The van der Waals surface area contributed by atoms with E-state index < -0.39 is 6.16 Å². The minimum Gasteiger partial charge on any atom is -0.434 e. The maximum atomic E-state index is 11.7. The Labute approximate surface area is 152 Å². The molecule has 1 N–H and O–H groups in total. The van der Waals surface area contributed by atoms with Gasteiger partial charge in [-0.25, -0.2) is 9.78 Å². The largest absolute Gasteiger partial charge is 0.515 e. The van der Waals surface area contributed by atoms with Crippen LogP contribution in [0, 0.1) is 0 Å². The zero-order valence-electron chi connectivity index (χ0n) is 15.6. The van der Waals surface area contributed by atoms with Crippen molar-refractivity contribution in [1.82, 2.24) is 9.97 Å². The van der Waals surface area contributed by atoms with Crippen molar-refractivity contribution in [2.24, 2.45) is 0 Å². The van der Waals surface area contributed by atoms with E-state index in [9.17, 15) is 4.79 Å². The summed E-state index contributed by atoms with van der Waals surface area (Å²) in [6, 6.07) is 6.24. The average Bonchev–Trinajstić information content (AvgIpc) is 3.00. The molecule has 2 heterocycles. The monoisotopic (exact) mass is 356 g/mol. The van der Waals surface area contributed by atoms with Gasteiger partial charge in [-0.05, 0) is 44.9 Å². The van der Waals surface area contributed by atoms with E-state index in [-0.39, 0.29) is 12.7 Å². The van der Waals surface area contributed by atoms with Crippen LogP contribution in [0.1, 0.15) is 44.9 Å². The quantitative estimate of drug-likeness (QED) is 0.635. The Balaban J connectivity index is 2.14. The summed E-state index contributed by atoms with van der Waals surface area (Å²) in [5, 5.41) is 2.08. The third-order valence-corrected chi connectivity index (χ3v) is 4.40. The Kier molecular flexibility index (Phi) is 5.42. The Bertz CT molecular complexity index is 932. The van der Waals surface area contributed by atoms with Crippen LogP contribution < -0.4 is 4.74 Å². The van der Waals surface area contributed by atoms with Gasteiger partial charge in [-0.3, -0.25) is 0 Å². The fourth-order valence-electron chi connectivity index (χ4n) is 3.20. The number of carbonyl (C=O) groups is 1. The van der Waals surface area contributed by atoms with Crippen LogP contribution in [0.15, 0.2) is 24.4 Å². The molecule has 0 spiro atoms. The van der Waals surface area contributed by atoms with Gasteiger partial charge in [-0.15, -0.1) is 0 Å². The SMILES string of the molecule is CCOC(=O)Oc1ncc2[nH]c3ccc(C(C)OCC)cc3c2c1CC. The predicted molar refractivity (Wildman–Crippen MR) is 101 cm³/mol. The summed E-state index contributed by atoms with van der Waals surface area (Å²) in [5.74, 6) is 0.294. The van der Waals surface area contributed by atoms with Crippen molar-refractivity contribution in [3.63, 3.8) is 0 Å². The van der Waals surface area contributed by atoms with Crippen LogP contribution in [0.5, 0.6) is 5.88 Å². The van der Waals surface area contributed by atoms with Crippen LogP contribution in [-0.2, 0) is 15.9 Å². The van der Waals surface area contributed by atoms with Crippen molar-refractivity contribution in [3.8, 4) is 5.88 Å². The standard InChI is InChI=1S/C20H24N2O4/c1-5-14-18-15-10-13(12(4)24-6-2)8-9-16(15)22-17(18)11-21-19(14)26-20(23)25-7-3/h8-12,22H,5-7H2,1-4H3. The van der Waals surface area contributed by atoms with Gasteiger partial charge in [0.25, 0.3) is 0 Å². The summed E-state index contributed by atoms with van der Waals surface area (Å²) < 4.78 is 15.9. The fraction of sp³-hybridized carbons (Fsp3) is 0.400. The Morgan fingerprint density at radius 2 is 2.00 bits per heavy atom. The molecule has 0 saturated carbocycles. The molecule has 0 saturated heterocycles. The van der Waals surface area contributed by atoms with Gasteiger partial charge in [0, 0.05) is 28.5 Å². The molecule has 138 valence electrons. The first-order chi connectivity index (χ1) is 12.6. The predicted octanol–water partition coefficient (Wildman–Crippen LogP) is 4.91. The molecular formula is C20H24N2O4. The number of ether oxygens (including phenoxy) is 3. The lowest BCUT2D eigenvalue weighted by Crippen LogP contribution is -2.12. The number of benzene rings is 1. The molecule has 26 heavy (non-hydrogen) atoms. The molecule has 0 aliphatic rings. The van der Waals surface area contributed by atoms with E-state index in [0.29, 0.717) is 18.9 Å². The summed E-state index contributed by atoms with van der Waals surface area (Å²) >= 11 is 0. The van der Waals surface area contributed by atoms with Gasteiger partial charge in [0.05, 0.1) is 24.4 Å². The molecule has 0 amide bonds. The van der Waals surface area contributed by atoms with Crippen LogP contribution in [-0.4, -0.2) is 29.3 Å². The zero-order valence-corrected chi connectivity index (χ0v) is 15.6. The van der Waals surface area contributed by atoms with Gasteiger partial charge in [0.2, 0.25) is 5.88 Å². The number of pyridine rings is 1. The molecule has 1 unspecified atom stereocenters. The summed E-state index contributed by atoms with van der Waals surface area (Å²) in [6.45, 7) is 8.69. The second-order valence-electron chi connectivity index (χ2n) is 6.00. The molecule has 0 aliphatic heterocycles. The molecule has 0 bridgehead atoms. The van der Waals surface area contributed by atoms with Crippen LogP contribution in [0.3, 0.4) is 0 Å². The number of hydrogen-bond donors (Lipinski definition) is 1. The zero-order chi connectivity index (χ0) is 18.7. The normalized spacial score (nSPS) is 12.5. The first kappa shape index (κ1) is 18.2. The van der Waals surface area contributed by atoms with Crippen LogP contribution in [0.2, 0.25) is 0 Å². The molecule has 6 nitrogen and oxygen atoms in total. The maximum absolute atomic E-state index is 11.7. The lowest BCUT2D eigenvalue weighted by Gasteiger charge is -2.12. The number of rotatable bonds is 6. The first-order valence-corrected chi connectivity index (χ1v) is 8.98. The molecule has 1 aromatic carbocycles. The van der Waals surface area contributed by atoms with Gasteiger partial charge in [0.1, 0.15) is 0 Å². The van der Waals surface area contributed by atoms with E-state index in [4.69, 9.17) is 14.2 Å². The maximum Gasteiger partial charge on any atom is 0.515 e. The second-order valence-corrected chi connectivity index (χ2v) is 6.00. The van der Waals surface area contributed by atoms with Crippen molar-refractivity contribution >= 4 is 28.0 Å². The number of H-pyrrole nitrogens is 1. The van der Waals surface area contributed by atoms with Crippen molar-refractivity contribution in [1.29, 1.82) is 0 Å². The van der Waals surface area contributed by atoms with Crippen molar-refractivity contribution in [3.05, 3.63) is 35.5 Å². The van der Waals surface area contributed by atoms with E-state index in [1.807, 2.05) is 26.8 Å². The summed E-state index contributed by atoms with van der Waals surface area (Å²) in [4.78, 5) is 19.4. The number of hydrogen-bond acceptors (Lipinski definition) is 5. The van der Waals surface area contributed by atoms with Crippen LogP contribution in [0.4, 0.5) is 4.79 Å². The van der Waals surface area contributed by atoms with Crippen LogP contribution >= 0.6 is 0 Å².